The normalized spacial score (nSPS) is 12.9. The molecule has 6 heteroatoms. The van der Waals surface area contributed by atoms with Gasteiger partial charge in [0.05, 0.1) is 0 Å². The third-order valence-electron chi connectivity index (χ3n) is 14.5. The highest BCUT2D eigenvalue weighted by Gasteiger charge is 2.19. The maximum Gasteiger partial charge on any atom is 0.306 e. The first kappa shape index (κ1) is 76.8. The summed E-state index contributed by atoms with van der Waals surface area (Å²) < 4.78 is 16.9. The molecule has 0 rings (SSSR count). The summed E-state index contributed by atoms with van der Waals surface area (Å²) in [6, 6.07) is 0. The van der Waals surface area contributed by atoms with E-state index in [-0.39, 0.29) is 37.5 Å². The van der Waals surface area contributed by atoms with Crippen molar-refractivity contribution in [3.63, 3.8) is 0 Å². The highest BCUT2D eigenvalue weighted by atomic mass is 16.6. The highest BCUT2D eigenvalue weighted by molar-refractivity contribution is 5.71. The van der Waals surface area contributed by atoms with Crippen molar-refractivity contribution in [1.82, 2.24) is 0 Å². The fraction of sp³-hybridized carbons (Fsp3) is 0.693. The van der Waals surface area contributed by atoms with Crippen LogP contribution in [0.4, 0.5) is 0 Å². The average Bonchev–Trinajstić information content (AvgIpc) is 3.47. The Morgan fingerprint density at radius 3 is 0.802 bits per heavy atom. The predicted octanol–water partition coefficient (Wildman–Crippen LogP) is 23.6. The van der Waals surface area contributed by atoms with Crippen LogP contribution in [0.15, 0.2) is 122 Å². The molecule has 0 aliphatic heterocycles. The average molecular weight is 1120 g/mol. The Balaban J connectivity index is 4.51. The van der Waals surface area contributed by atoms with Gasteiger partial charge in [-0.2, -0.15) is 0 Å². The number of unbranched alkanes of at least 4 members (excludes halogenated alkanes) is 30. The summed E-state index contributed by atoms with van der Waals surface area (Å²) in [6.45, 7) is 6.49. The monoisotopic (exact) mass is 1120 g/mol. The Hall–Kier alpha value is -4.19. The van der Waals surface area contributed by atoms with E-state index in [1.807, 2.05) is 0 Å². The number of carbonyl (C=O) groups excluding carboxylic acids is 3. The molecular weight excluding hydrogens is 997 g/mol. The summed E-state index contributed by atoms with van der Waals surface area (Å²) in [4.78, 5) is 38.4. The lowest BCUT2D eigenvalue weighted by molar-refractivity contribution is -0.167. The second-order valence-electron chi connectivity index (χ2n) is 22.4. The van der Waals surface area contributed by atoms with E-state index in [9.17, 15) is 14.4 Å². The zero-order valence-electron chi connectivity index (χ0n) is 53.0. The molecule has 81 heavy (non-hydrogen) atoms. The summed E-state index contributed by atoms with van der Waals surface area (Å²) in [5, 5.41) is 0. The van der Waals surface area contributed by atoms with Crippen LogP contribution in [0, 0.1) is 0 Å². The SMILES string of the molecule is CC/C=C\C/C=C\C/C=C\C/C=C\C/C=C\C/C=C\C/C=C\CCCC(=O)OCC(COC(=O)CCCCCCCCCCCCCCCCCCCCC)OC(=O)CCCCCCCC/C=C\C/C=C\C/C=C\CCCCCCC. The van der Waals surface area contributed by atoms with Crippen molar-refractivity contribution < 1.29 is 28.6 Å². The van der Waals surface area contributed by atoms with Crippen molar-refractivity contribution >= 4 is 17.9 Å². The minimum Gasteiger partial charge on any atom is -0.462 e. The Bertz CT molecular complexity index is 1670. The van der Waals surface area contributed by atoms with Crippen LogP contribution < -0.4 is 0 Å². The zero-order chi connectivity index (χ0) is 58.5. The van der Waals surface area contributed by atoms with Crippen LogP contribution in [-0.2, 0) is 28.6 Å². The minimum atomic E-state index is -0.813. The van der Waals surface area contributed by atoms with Gasteiger partial charge in [0.2, 0.25) is 0 Å². The van der Waals surface area contributed by atoms with Crippen molar-refractivity contribution in [2.45, 2.75) is 322 Å². The van der Waals surface area contributed by atoms with Crippen LogP contribution in [0.2, 0.25) is 0 Å². The maximum absolute atomic E-state index is 12.9. The van der Waals surface area contributed by atoms with Gasteiger partial charge >= 0.3 is 17.9 Å². The summed E-state index contributed by atoms with van der Waals surface area (Å²) in [6.07, 6.45) is 95.0. The molecule has 6 nitrogen and oxygen atoms in total. The number of ether oxygens (including phenoxy) is 3. The molecule has 462 valence electrons. The van der Waals surface area contributed by atoms with E-state index >= 15 is 0 Å². The molecule has 0 aromatic heterocycles. The fourth-order valence-corrected chi connectivity index (χ4v) is 9.38. The molecule has 0 aromatic carbocycles. The van der Waals surface area contributed by atoms with E-state index in [1.54, 1.807) is 0 Å². The highest BCUT2D eigenvalue weighted by Crippen LogP contribution is 2.16. The number of esters is 3. The third-order valence-corrected chi connectivity index (χ3v) is 14.5. The van der Waals surface area contributed by atoms with Gasteiger partial charge in [-0.1, -0.05) is 309 Å². The van der Waals surface area contributed by atoms with Gasteiger partial charge in [-0.3, -0.25) is 14.4 Å². The standard InChI is InChI=1S/C75H126O6/c1-4-7-10-13-16-19-22-25-28-31-34-36-37-39-41-44-47-50-53-56-59-62-65-68-74(77)80-71-72(70-79-73(76)67-64-61-58-55-52-49-46-43-40-33-30-27-24-21-18-15-12-9-6-3)81-75(78)69-66-63-60-57-54-51-48-45-42-38-35-32-29-26-23-20-17-14-11-8-5-2/h7,10,16,19,23,25-26,28,32,34-36,39,41-42,45,47,50,56,59,72H,4-6,8-9,11-15,17-18,20-22,24,27,29-31,33,37-38,40,43-44,46,48-49,51-55,57-58,60-71H2,1-3H3/b10-7-,19-16-,26-23-,28-25-,35-32-,36-34-,41-39-,45-42-,50-47-,59-56-. The number of rotatable bonds is 61. The summed E-state index contributed by atoms with van der Waals surface area (Å²) >= 11 is 0. The molecule has 0 aliphatic rings. The van der Waals surface area contributed by atoms with E-state index in [2.05, 4.69) is 142 Å². The van der Waals surface area contributed by atoms with Crippen LogP contribution >= 0.6 is 0 Å². The van der Waals surface area contributed by atoms with Crippen LogP contribution in [0.5, 0.6) is 0 Å². The summed E-state index contributed by atoms with van der Waals surface area (Å²) in [7, 11) is 0. The molecule has 0 aliphatic carbocycles. The molecule has 1 unspecified atom stereocenters. The molecule has 0 heterocycles. The van der Waals surface area contributed by atoms with Crippen molar-refractivity contribution in [3.05, 3.63) is 122 Å². The lowest BCUT2D eigenvalue weighted by atomic mass is 10.0. The maximum atomic E-state index is 12.9. The van der Waals surface area contributed by atoms with E-state index in [1.165, 1.54) is 154 Å². The lowest BCUT2D eigenvalue weighted by Crippen LogP contribution is -2.30. The number of carbonyl (C=O) groups is 3. The van der Waals surface area contributed by atoms with Crippen molar-refractivity contribution in [2.24, 2.45) is 0 Å². The van der Waals surface area contributed by atoms with Gasteiger partial charge in [-0.05, 0) is 109 Å². The Morgan fingerprint density at radius 2 is 0.494 bits per heavy atom. The van der Waals surface area contributed by atoms with Crippen LogP contribution in [0.1, 0.15) is 316 Å². The molecule has 0 amide bonds. The molecule has 0 saturated heterocycles. The Labute approximate surface area is 501 Å². The topological polar surface area (TPSA) is 78.9 Å². The first-order chi connectivity index (χ1) is 40.0. The Morgan fingerprint density at radius 1 is 0.259 bits per heavy atom. The third kappa shape index (κ3) is 66.5. The van der Waals surface area contributed by atoms with Crippen molar-refractivity contribution in [3.8, 4) is 0 Å². The molecule has 0 bridgehead atoms. The van der Waals surface area contributed by atoms with E-state index in [4.69, 9.17) is 14.2 Å². The molecule has 0 aromatic rings. The second-order valence-corrected chi connectivity index (χ2v) is 22.4. The number of hydrogen-bond donors (Lipinski definition) is 0. The first-order valence-corrected chi connectivity index (χ1v) is 34.0. The summed E-state index contributed by atoms with van der Waals surface area (Å²) in [5.74, 6) is -0.966. The zero-order valence-corrected chi connectivity index (χ0v) is 53.0. The first-order valence-electron chi connectivity index (χ1n) is 34.0. The Kier molecular flexibility index (Phi) is 64.8. The van der Waals surface area contributed by atoms with Gasteiger partial charge < -0.3 is 14.2 Å². The minimum absolute atomic E-state index is 0.101. The molecule has 0 fully saturated rings. The van der Waals surface area contributed by atoms with E-state index < -0.39 is 6.10 Å². The molecule has 0 spiro atoms. The number of hydrogen-bond acceptors (Lipinski definition) is 6. The lowest BCUT2D eigenvalue weighted by Gasteiger charge is -2.18. The molecular formula is C75H126O6. The van der Waals surface area contributed by atoms with Crippen molar-refractivity contribution in [1.29, 1.82) is 0 Å². The predicted molar refractivity (Wildman–Crippen MR) is 353 cm³/mol. The van der Waals surface area contributed by atoms with Crippen molar-refractivity contribution in [2.75, 3.05) is 13.2 Å². The van der Waals surface area contributed by atoms with Gasteiger partial charge in [0.1, 0.15) is 13.2 Å². The van der Waals surface area contributed by atoms with Gasteiger partial charge in [0.25, 0.3) is 0 Å². The van der Waals surface area contributed by atoms with Gasteiger partial charge in [0, 0.05) is 19.3 Å². The quantitative estimate of drug-likeness (QED) is 0.0261. The van der Waals surface area contributed by atoms with E-state index in [0.29, 0.717) is 19.3 Å². The summed E-state index contributed by atoms with van der Waals surface area (Å²) in [5.41, 5.74) is 0. The van der Waals surface area contributed by atoms with E-state index in [0.717, 1.165) is 116 Å². The molecule has 0 N–H and O–H groups in total. The molecule has 0 radical (unpaired) electrons. The van der Waals surface area contributed by atoms with Crippen LogP contribution in [0.25, 0.3) is 0 Å². The van der Waals surface area contributed by atoms with Crippen LogP contribution in [-0.4, -0.2) is 37.2 Å². The smallest absolute Gasteiger partial charge is 0.306 e. The van der Waals surface area contributed by atoms with Gasteiger partial charge in [-0.25, -0.2) is 0 Å². The van der Waals surface area contributed by atoms with Gasteiger partial charge in [0.15, 0.2) is 6.10 Å². The second kappa shape index (κ2) is 68.3. The van der Waals surface area contributed by atoms with Gasteiger partial charge in [-0.15, -0.1) is 0 Å². The molecule has 0 saturated carbocycles. The van der Waals surface area contributed by atoms with Crippen LogP contribution in [0.3, 0.4) is 0 Å². The largest absolute Gasteiger partial charge is 0.462 e. The molecule has 1 atom stereocenters. The fourth-order valence-electron chi connectivity index (χ4n) is 9.38. The number of allylic oxidation sites excluding steroid dienone is 20.